The Morgan fingerprint density at radius 2 is 1.66 bits per heavy atom. The molecule has 5 rings (SSSR count). The molecule has 4 aromatic rings. The Morgan fingerprint density at radius 1 is 0.938 bits per heavy atom. The van der Waals surface area contributed by atoms with Crippen molar-refractivity contribution in [1.82, 2.24) is 9.55 Å². The van der Waals surface area contributed by atoms with Gasteiger partial charge in [-0.15, -0.1) is 0 Å². The quantitative estimate of drug-likeness (QED) is 0.387. The number of hydrogen-bond acceptors (Lipinski definition) is 5. The number of nitrogens with zero attached hydrogens (tertiary/aromatic N) is 3. The fourth-order valence-electron chi connectivity index (χ4n) is 3.67. The topological polar surface area (TPSA) is 84.3 Å². The second-order valence-corrected chi connectivity index (χ2v) is 8.16. The lowest BCUT2D eigenvalue weighted by Gasteiger charge is -2.29. The molecule has 7 nitrogen and oxygen atoms in total. The van der Waals surface area contributed by atoms with Crippen molar-refractivity contribution in [3.05, 3.63) is 89.2 Å². The molecule has 0 aliphatic carbocycles. The van der Waals surface area contributed by atoms with E-state index in [1.807, 2.05) is 42.5 Å². The largest absolute Gasteiger partial charge is 0.323 e. The second-order valence-electron chi connectivity index (χ2n) is 7.22. The maximum Gasteiger partial charge on any atom is 0.266 e. The normalized spacial score (nSPS) is 13.0. The van der Waals surface area contributed by atoms with E-state index in [1.165, 1.54) is 21.2 Å². The first-order chi connectivity index (χ1) is 15.6. The van der Waals surface area contributed by atoms with Gasteiger partial charge in [-0.25, -0.2) is 4.98 Å². The number of amides is 2. The fourth-order valence-corrected chi connectivity index (χ4v) is 4.56. The summed E-state index contributed by atoms with van der Waals surface area (Å²) in [5.41, 5.74) is 2.31. The van der Waals surface area contributed by atoms with Gasteiger partial charge in [0.25, 0.3) is 5.56 Å². The second kappa shape index (κ2) is 8.32. The molecule has 1 N–H and O–H groups in total. The molecule has 1 aromatic heterocycles. The van der Waals surface area contributed by atoms with Crippen LogP contribution in [0, 0.1) is 0 Å². The summed E-state index contributed by atoms with van der Waals surface area (Å²) in [6, 6.07) is 23.6. The van der Waals surface area contributed by atoms with Crippen LogP contribution in [0.5, 0.6) is 0 Å². The molecule has 0 radical (unpaired) electrons. The minimum Gasteiger partial charge on any atom is -0.323 e. The highest BCUT2D eigenvalue weighted by Gasteiger charge is 2.27. The summed E-state index contributed by atoms with van der Waals surface area (Å²) in [7, 11) is 0. The van der Waals surface area contributed by atoms with Gasteiger partial charge < -0.3 is 10.2 Å². The Balaban J connectivity index is 1.50. The van der Waals surface area contributed by atoms with E-state index in [9.17, 15) is 14.4 Å². The molecule has 1 aliphatic heterocycles. The third kappa shape index (κ3) is 3.65. The average Bonchev–Trinajstić information content (AvgIpc) is 2.82. The summed E-state index contributed by atoms with van der Waals surface area (Å²) in [6.45, 7) is -0.0486. The van der Waals surface area contributed by atoms with Gasteiger partial charge >= 0.3 is 0 Å². The van der Waals surface area contributed by atoms with Gasteiger partial charge in [-0.3, -0.25) is 19.0 Å². The van der Waals surface area contributed by atoms with E-state index < -0.39 is 0 Å². The first-order valence-electron chi connectivity index (χ1n) is 10.0. The van der Waals surface area contributed by atoms with Crippen molar-refractivity contribution in [2.24, 2.45) is 0 Å². The van der Waals surface area contributed by atoms with Crippen LogP contribution >= 0.6 is 11.8 Å². The van der Waals surface area contributed by atoms with Gasteiger partial charge in [-0.2, -0.15) is 0 Å². The van der Waals surface area contributed by atoms with E-state index in [2.05, 4.69) is 10.3 Å². The standard InChI is InChI=1S/C24H18N4O3S/c29-21-14-27(20-13-7-6-12-19(20)25-21)22(30)15-32-24-26-18-11-5-4-10-17(18)23(31)28(24)16-8-2-1-3-9-16/h1-13H,14-15H2,(H,25,29). The van der Waals surface area contributed by atoms with Gasteiger partial charge in [-0.1, -0.05) is 54.2 Å². The molecule has 1 aliphatic rings. The molecule has 2 heterocycles. The number of benzene rings is 3. The van der Waals surface area contributed by atoms with E-state index in [4.69, 9.17) is 0 Å². The minimum absolute atomic E-state index is 0.0270. The van der Waals surface area contributed by atoms with Gasteiger partial charge in [-0.05, 0) is 36.4 Å². The van der Waals surface area contributed by atoms with Crippen molar-refractivity contribution in [3.8, 4) is 5.69 Å². The van der Waals surface area contributed by atoms with Crippen LogP contribution < -0.4 is 15.8 Å². The number of carbonyl (C=O) groups is 2. The van der Waals surface area contributed by atoms with Gasteiger partial charge in [0.15, 0.2) is 5.16 Å². The Hall–Kier alpha value is -3.91. The van der Waals surface area contributed by atoms with Crippen LogP contribution in [-0.2, 0) is 9.59 Å². The first-order valence-corrected chi connectivity index (χ1v) is 11.0. The molecule has 0 bridgehead atoms. The number of hydrogen-bond donors (Lipinski definition) is 1. The van der Waals surface area contributed by atoms with Crippen molar-refractivity contribution < 1.29 is 9.59 Å². The van der Waals surface area contributed by atoms with Crippen LogP contribution in [0.1, 0.15) is 0 Å². The predicted octanol–water partition coefficient (Wildman–Crippen LogP) is 3.46. The summed E-state index contributed by atoms with van der Waals surface area (Å²) in [4.78, 5) is 44.6. The number of rotatable bonds is 4. The first kappa shape index (κ1) is 20.0. The Bertz CT molecular complexity index is 1400. The van der Waals surface area contributed by atoms with Gasteiger partial charge in [0.1, 0.15) is 6.54 Å². The number of carbonyl (C=O) groups excluding carboxylic acids is 2. The lowest BCUT2D eigenvalue weighted by Crippen LogP contribution is -2.43. The third-order valence-corrected chi connectivity index (χ3v) is 6.08. The van der Waals surface area contributed by atoms with E-state index in [0.717, 1.165) is 0 Å². The van der Waals surface area contributed by atoms with E-state index >= 15 is 0 Å². The molecule has 8 heteroatoms. The van der Waals surface area contributed by atoms with Crippen molar-refractivity contribution in [1.29, 1.82) is 0 Å². The molecule has 0 atom stereocenters. The number of para-hydroxylation sites is 4. The van der Waals surface area contributed by atoms with Crippen molar-refractivity contribution in [2.45, 2.75) is 5.16 Å². The van der Waals surface area contributed by atoms with Gasteiger partial charge in [0, 0.05) is 0 Å². The molecule has 0 fully saturated rings. The third-order valence-electron chi connectivity index (χ3n) is 5.16. The molecule has 0 saturated heterocycles. The summed E-state index contributed by atoms with van der Waals surface area (Å²) < 4.78 is 1.52. The highest BCUT2D eigenvalue weighted by molar-refractivity contribution is 7.99. The molecule has 0 unspecified atom stereocenters. The summed E-state index contributed by atoms with van der Waals surface area (Å²) >= 11 is 1.18. The van der Waals surface area contributed by atoms with Crippen molar-refractivity contribution >= 4 is 45.9 Å². The SMILES string of the molecule is O=C1CN(C(=O)CSc2nc3ccccc3c(=O)n2-c2ccccc2)c2ccccc2N1. The highest BCUT2D eigenvalue weighted by atomic mass is 32.2. The van der Waals surface area contributed by atoms with Crippen LogP contribution in [-0.4, -0.2) is 33.7 Å². The highest BCUT2D eigenvalue weighted by Crippen LogP contribution is 2.30. The van der Waals surface area contributed by atoms with Gasteiger partial charge in [0.05, 0.1) is 33.7 Å². The molecule has 0 spiro atoms. The van der Waals surface area contributed by atoms with Crippen molar-refractivity contribution in [2.75, 3.05) is 22.5 Å². The molecule has 32 heavy (non-hydrogen) atoms. The number of thioether (sulfide) groups is 1. The Kier molecular flexibility index (Phi) is 5.20. The summed E-state index contributed by atoms with van der Waals surface area (Å²) in [5.74, 6) is -0.453. The molecule has 3 aromatic carbocycles. The van der Waals surface area contributed by atoms with Gasteiger partial charge in [0.2, 0.25) is 11.8 Å². The smallest absolute Gasteiger partial charge is 0.266 e. The summed E-state index contributed by atoms with van der Waals surface area (Å²) in [6.07, 6.45) is 0. The zero-order valence-corrected chi connectivity index (χ0v) is 17.7. The molecule has 2 amide bonds. The monoisotopic (exact) mass is 442 g/mol. The number of fused-ring (bicyclic) bond motifs is 2. The van der Waals surface area contributed by atoms with Crippen LogP contribution in [0.3, 0.4) is 0 Å². The Labute approximate surface area is 187 Å². The van der Waals surface area contributed by atoms with E-state index in [-0.39, 0.29) is 29.7 Å². The molecular weight excluding hydrogens is 424 g/mol. The maximum absolute atomic E-state index is 13.3. The minimum atomic E-state index is -0.243. The number of anilines is 2. The van der Waals surface area contributed by atoms with Crippen LogP contribution in [0.25, 0.3) is 16.6 Å². The molecular formula is C24H18N4O3S. The zero-order valence-electron chi connectivity index (χ0n) is 16.9. The number of aromatic nitrogens is 2. The van der Waals surface area contributed by atoms with Crippen LogP contribution in [0.2, 0.25) is 0 Å². The lowest BCUT2D eigenvalue weighted by atomic mass is 10.2. The van der Waals surface area contributed by atoms with Crippen LogP contribution in [0.4, 0.5) is 11.4 Å². The van der Waals surface area contributed by atoms with E-state index in [1.54, 1.807) is 36.4 Å². The zero-order chi connectivity index (χ0) is 22.1. The van der Waals surface area contributed by atoms with Crippen molar-refractivity contribution in [3.63, 3.8) is 0 Å². The lowest BCUT2D eigenvalue weighted by molar-refractivity contribution is -0.120. The predicted molar refractivity (Wildman–Crippen MR) is 125 cm³/mol. The summed E-state index contributed by atoms with van der Waals surface area (Å²) in [5, 5.41) is 3.71. The average molecular weight is 443 g/mol. The Morgan fingerprint density at radius 3 is 2.50 bits per heavy atom. The van der Waals surface area contributed by atoms with Crippen LogP contribution in [0.15, 0.2) is 88.8 Å². The number of nitrogens with one attached hydrogen (secondary N) is 1. The fraction of sp³-hybridized carbons (Fsp3) is 0.0833. The molecule has 158 valence electrons. The molecule has 0 saturated carbocycles. The maximum atomic E-state index is 13.3. The van der Waals surface area contributed by atoms with E-state index in [0.29, 0.717) is 33.1 Å².